The van der Waals surface area contributed by atoms with Crippen molar-refractivity contribution in [1.29, 1.82) is 0 Å². The summed E-state index contributed by atoms with van der Waals surface area (Å²) in [5.74, 6) is 0.111. The molecule has 48 heavy (non-hydrogen) atoms. The van der Waals surface area contributed by atoms with Gasteiger partial charge >= 0.3 is 0 Å². The number of nitrogens with one attached hydrogen (secondary N) is 1. The lowest BCUT2D eigenvalue weighted by Gasteiger charge is -2.28. The molecule has 0 amide bonds. The Labute approximate surface area is 283 Å². The van der Waals surface area contributed by atoms with Gasteiger partial charge in [0.05, 0.1) is 30.0 Å². The van der Waals surface area contributed by atoms with Crippen LogP contribution in [0.15, 0.2) is 54.9 Å². The molecule has 2 aliphatic rings. The van der Waals surface area contributed by atoms with E-state index in [1.165, 1.54) is 12.1 Å². The first kappa shape index (κ1) is 34.3. The summed E-state index contributed by atoms with van der Waals surface area (Å²) in [6, 6.07) is 15.1. The average molecular weight is 696 g/mol. The minimum absolute atomic E-state index is 0.103. The first-order valence-corrected chi connectivity index (χ1v) is 21.8. The average Bonchev–Trinajstić information content (AvgIpc) is 3.67. The van der Waals surface area contributed by atoms with Crippen molar-refractivity contribution in [2.75, 3.05) is 60.5 Å². The second-order valence-corrected chi connectivity index (χ2v) is 21.5. The number of aromatic nitrogens is 3. The third-order valence-corrected chi connectivity index (χ3v) is 12.5. The van der Waals surface area contributed by atoms with Crippen LogP contribution in [0.1, 0.15) is 24.2 Å². The van der Waals surface area contributed by atoms with Gasteiger partial charge in [0.1, 0.15) is 35.6 Å². The molecule has 2 saturated heterocycles. The molecule has 0 saturated carbocycles. The lowest BCUT2D eigenvalue weighted by molar-refractivity contribution is 0.0909. The maximum Gasteiger partial charge on any atom is 0.239 e. The molecular formula is C34H46FN7O4SSi. The Morgan fingerprint density at radius 3 is 2.58 bits per heavy atom. The fourth-order valence-electron chi connectivity index (χ4n) is 6.16. The van der Waals surface area contributed by atoms with Gasteiger partial charge in [-0.3, -0.25) is 4.72 Å². The van der Waals surface area contributed by atoms with Crippen LogP contribution in [0.4, 0.5) is 21.6 Å². The van der Waals surface area contributed by atoms with E-state index < -0.39 is 29.2 Å². The molecule has 2 fully saturated rings. The summed E-state index contributed by atoms with van der Waals surface area (Å²) < 4.78 is 59.0. The predicted octanol–water partition coefficient (Wildman–Crippen LogP) is 5.43. The second-order valence-electron chi connectivity index (χ2n) is 13.9. The minimum atomic E-state index is -3.98. The van der Waals surface area contributed by atoms with Gasteiger partial charge in [0.25, 0.3) is 0 Å². The minimum Gasteiger partial charge on any atom is -0.378 e. The smallest absolute Gasteiger partial charge is 0.239 e. The van der Waals surface area contributed by atoms with E-state index in [0.717, 1.165) is 42.4 Å². The van der Waals surface area contributed by atoms with Crippen LogP contribution in [0.2, 0.25) is 25.7 Å². The van der Waals surface area contributed by atoms with E-state index in [4.69, 9.17) is 15.2 Å². The van der Waals surface area contributed by atoms with Crippen molar-refractivity contribution in [2.45, 2.75) is 57.1 Å². The van der Waals surface area contributed by atoms with Crippen LogP contribution in [0.5, 0.6) is 0 Å². The molecule has 4 heterocycles. The Bertz CT molecular complexity index is 1860. The number of sulfonamides is 1. The molecule has 6 rings (SSSR count). The zero-order valence-corrected chi connectivity index (χ0v) is 30.0. The number of anilines is 3. The normalized spacial score (nSPS) is 18.1. The van der Waals surface area contributed by atoms with E-state index >= 15 is 4.39 Å². The van der Waals surface area contributed by atoms with E-state index in [9.17, 15) is 8.42 Å². The van der Waals surface area contributed by atoms with E-state index in [2.05, 4.69) is 44.1 Å². The number of benzene rings is 2. The van der Waals surface area contributed by atoms with E-state index in [1.54, 1.807) is 25.4 Å². The van der Waals surface area contributed by atoms with Crippen LogP contribution < -0.4 is 20.3 Å². The molecule has 4 aromatic rings. The highest BCUT2D eigenvalue weighted by molar-refractivity contribution is 7.92. The second kappa shape index (κ2) is 14.1. The van der Waals surface area contributed by atoms with Gasteiger partial charge in [-0.2, -0.15) is 0 Å². The summed E-state index contributed by atoms with van der Waals surface area (Å²) in [6.07, 6.45) is 2.44. The third-order valence-electron chi connectivity index (χ3n) is 9.11. The van der Waals surface area contributed by atoms with Crippen LogP contribution >= 0.6 is 0 Å². The van der Waals surface area contributed by atoms with E-state index in [0.29, 0.717) is 55.4 Å². The molecule has 2 atom stereocenters. The number of fused-ring (bicyclic) bond motifs is 1. The third kappa shape index (κ3) is 7.67. The van der Waals surface area contributed by atoms with Crippen LogP contribution in [0, 0.1) is 5.82 Å². The summed E-state index contributed by atoms with van der Waals surface area (Å²) in [6.45, 7) is 13.5. The number of halogens is 1. The molecule has 1 unspecified atom stereocenters. The van der Waals surface area contributed by atoms with Crippen molar-refractivity contribution in [3.63, 3.8) is 0 Å². The van der Waals surface area contributed by atoms with Crippen molar-refractivity contribution < 1.29 is 22.3 Å². The summed E-state index contributed by atoms with van der Waals surface area (Å²) in [5, 5.41) is -0.0822. The Balaban J connectivity index is 1.27. The molecule has 3 N–H and O–H groups in total. The Kier molecular flexibility index (Phi) is 10.1. The molecule has 0 spiro atoms. The molecule has 14 heteroatoms. The lowest BCUT2D eigenvalue weighted by Crippen LogP contribution is -2.36. The topological polar surface area (TPSA) is 128 Å². The first-order chi connectivity index (χ1) is 22.9. The lowest BCUT2D eigenvalue weighted by atomic mass is 10.1. The van der Waals surface area contributed by atoms with Crippen LogP contribution in [-0.4, -0.2) is 83.1 Å². The zero-order valence-electron chi connectivity index (χ0n) is 28.2. The molecule has 2 aliphatic heterocycles. The van der Waals surface area contributed by atoms with Crippen molar-refractivity contribution in [1.82, 2.24) is 14.5 Å². The number of hydrogen-bond donors (Lipinski definition) is 2. The molecule has 11 nitrogen and oxygen atoms in total. The molecule has 2 aromatic carbocycles. The van der Waals surface area contributed by atoms with Gasteiger partial charge in [-0.15, -0.1) is 0 Å². The first-order valence-electron chi connectivity index (χ1n) is 16.6. The molecular weight excluding hydrogens is 650 g/mol. The van der Waals surface area contributed by atoms with Gasteiger partial charge in [0.2, 0.25) is 10.0 Å². The van der Waals surface area contributed by atoms with Gasteiger partial charge in [-0.1, -0.05) is 37.8 Å². The van der Waals surface area contributed by atoms with Crippen LogP contribution in [0.25, 0.3) is 22.3 Å². The highest BCUT2D eigenvalue weighted by atomic mass is 32.2. The monoisotopic (exact) mass is 695 g/mol. The van der Waals surface area contributed by atoms with E-state index in [1.807, 2.05) is 28.8 Å². The van der Waals surface area contributed by atoms with Crippen LogP contribution in [-0.2, 0) is 26.2 Å². The van der Waals surface area contributed by atoms with Gasteiger partial charge in [-0.25, -0.2) is 22.8 Å². The highest BCUT2D eigenvalue weighted by Crippen LogP contribution is 2.35. The SMILES string of the molecule is CC(c1cccc(N2CC[C@@H](N)C2)c1)S(=O)(=O)Nc1ccc(-c2cc3c(N4CCOCC4)ncnc3n2COCC[Si](C)(C)C)cc1F. The number of rotatable bonds is 12. The predicted molar refractivity (Wildman–Crippen MR) is 192 cm³/mol. The number of nitrogens with zero attached hydrogens (tertiary/aromatic N) is 5. The molecule has 0 radical (unpaired) electrons. The zero-order chi connectivity index (χ0) is 34.1. The van der Waals surface area contributed by atoms with Gasteiger partial charge in [0, 0.05) is 58.2 Å². The number of hydrogen-bond acceptors (Lipinski definition) is 9. The number of ether oxygens (including phenoxy) is 2. The number of nitrogens with two attached hydrogens (primary N) is 1. The molecule has 2 aromatic heterocycles. The summed E-state index contributed by atoms with van der Waals surface area (Å²) in [5.41, 5.74) is 9.47. The van der Waals surface area contributed by atoms with Gasteiger partial charge < -0.3 is 29.6 Å². The van der Waals surface area contributed by atoms with Gasteiger partial charge in [-0.05, 0) is 55.3 Å². The van der Waals surface area contributed by atoms with Gasteiger partial charge in [0.15, 0.2) is 0 Å². The maximum absolute atomic E-state index is 15.8. The Hall–Kier alpha value is -3.56. The number of morpholine rings is 1. The fourth-order valence-corrected chi connectivity index (χ4v) is 8.07. The highest BCUT2D eigenvalue weighted by Gasteiger charge is 2.27. The summed E-state index contributed by atoms with van der Waals surface area (Å²) in [7, 11) is -5.29. The summed E-state index contributed by atoms with van der Waals surface area (Å²) in [4.78, 5) is 13.5. The Morgan fingerprint density at radius 2 is 1.88 bits per heavy atom. The largest absolute Gasteiger partial charge is 0.378 e. The maximum atomic E-state index is 15.8. The molecule has 0 aliphatic carbocycles. The van der Waals surface area contributed by atoms with Crippen molar-refractivity contribution in [3.8, 4) is 11.3 Å². The van der Waals surface area contributed by atoms with Crippen molar-refractivity contribution in [2.24, 2.45) is 5.73 Å². The Morgan fingerprint density at radius 1 is 1.08 bits per heavy atom. The summed E-state index contributed by atoms with van der Waals surface area (Å²) >= 11 is 0. The van der Waals surface area contributed by atoms with Crippen LogP contribution in [0.3, 0.4) is 0 Å². The molecule has 258 valence electrons. The molecule has 0 bridgehead atoms. The van der Waals surface area contributed by atoms with E-state index in [-0.39, 0.29) is 18.5 Å². The standard InChI is InChI=1S/C34H46FN7O4SSi/c1-24(25-6-5-7-28(18-25)41-11-10-27(36)21-41)47(43,44)39-31-9-8-26(19-30(31)35)32-20-29-33(40-12-14-45-15-13-40)37-22-38-34(29)42(32)23-46-16-17-48(2,3)4/h5-9,18-20,22,24,27,39H,10-17,21,23,36H2,1-4H3/t24?,27-/m1/s1. The fraction of sp³-hybridized carbons (Fsp3) is 0.471. The quantitative estimate of drug-likeness (QED) is 0.147. The van der Waals surface area contributed by atoms with Crippen molar-refractivity contribution in [3.05, 3.63) is 66.2 Å². The van der Waals surface area contributed by atoms with Crippen molar-refractivity contribution >= 4 is 46.3 Å².